The van der Waals surface area contributed by atoms with Gasteiger partial charge in [-0.2, -0.15) is 5.10 Å². The lowest BCUT2D eigenvalue weighted by Crippen LogP contribution is -2.26. The summed E-state index contributed by atoms with van der Waals surface area (Å²) < 4.78 is 3.64. The highest BCUT2D eigenvalue weighted by molar-refractivity contribution is 6.30. The van der Waals surface area contributed by atoms with Gasteiger partial charge in [-0.3, -0.25) is 4.79 Å². The molecule has 6 heteroatoms. The van der Waals surface area contributed by atoms with Crippen LogP contribution in [0.3, 0.4) is 0 Å². The molecule has 1 aromatic carbocycles. The van der Waals surface area contributed by atoms with Gasteiger partial charge in [0.15, 0.2) is 5.65 Å². The van der Waals surface area contributed by atoms with Crippen molar-refractivity contribution in [3.05, 3.63) is 64.3 Å². The highest BCUT2D eigenvalue weighted by Gasteiger charge is 2.18. The van der Waals surface area contributed by atoms with Gasteiger partial charge < -0.3 is 4.57 Å². The van der Waals surface area contributed by atoms with Gasteiger partial charge in [0.1, 0.15) is 0 Å². The Morgan fingerprint density at radius 1 is 1.00 bits per heavy atom. The van der Waals surface area contributed by atoms with E-state index in [1.165, 1.54) is 19.3 Å². The molecule has 1 fully saturated rings. The quantitative estimate of drug-likeness (QED) is 0.500. The lowest BCUT2D eigenvalue weighted by atomic mass is 9.95. The molecule has 1 aliphatic carbocycles. The summed E-state index contributed by atoms with van der Waals surface area (Å²) in [6, 6.07) is 9.89. The third-order valence-corrected chi connectivity index (χ3v) is 5.80. The van der Waals surface area contributed by atoms with Crippen molar-refractivity contribution in [3.8, 4) is 11.1 Å². The third kappa shape index (κ3) is 2.73. The number of hydrogen-bond donors (Lipinski definition) is 0. The molecular weight excluding hydrogens is 360 g/mol. The molecule has 5 rings (SSSR count). The lowest BCUT2D eigenvalue weighted by molar-refractivity contribution is 0.347. The van der Waals surface area contributed by atoms with Crippen molar-refractivity contribution >= 4 is 28.2 Å². The van der Waals surface area contributed by atoms with E-state index in [4.69, 9.17) is 11.6 Å². The number of hydrogen-bond acceptors (Lipinski definition) is 3. The number of pyridine rings is 1. The van der Waals surface area contributed by atoms with Crippen LogP contribution in [-0.2, 0) is 0 Å². The first-order chi connectivity index (χ1) is 13.2. The van der Waals surface area contributed by atoms with E-state index in [1.807, 2.05) is 41.1 Å². The van der Waals surface area contributed by atoms with E-state index in [-0.39, 0.29) is 5.56 Å². The summed E-state index contributed by atoms with van der Waals surface area (Å²) in [5.74, 6) is 0. The Balaban J connectivity index is 1.66. The van der Waals surface area contributed by atoms with Gasteiger partial charge in [0, 0.05) is 29.0 Å². The van der Waals surface area contributed by atoms with Crippen LogP contribution in [0.5, 0.6) is 0 Å². The van der Waals surface area contributed by atoms with Crippen LogP contribution in [0, 0.1) is 0 Å². The highest BCUT2D eigenvalue weighted by Crippen LogP contribution is 2.29. The van der Waals surface area contributed by atoms with Gasteiger partial charge in [0.05, 0.1) is 17.1 Å². The van der Waals surface area contributed by atoms with Crippen LogP contribution < -0.4 is 5.56 Å². The van der Waals surface area contributed by atoms with Crippen LogP contribution in [0.1, 0.15) is 38.1 Å². The Morgan fingerprint density at radius 2 is 1.78 bits per heavy atom. The largest absolute Gasteiger partial charge is 0.312 e. The number of halogens is 1. The van der Waals surface area contributed by atoms with Crippen molar-refractivity contribution in [3.63, 3.8) is 0 Å². The Hall–Kier alpha value is -2.66. The highest BCUT2D eigenvalue weighted by atomic mass is 35.5. The van der Waals surface area contributed by atoms with Crippen molar-refractivity contribution in [1.82, 2.24) is 19.2 Å². The van der Waals surface area contributed by atoms with Crippen LogP contribution in [0.15, 0.2) is 53.7 Å². The molecule has 5 nitrogen and oxygen atoms in total. The van der Waals surface area contributed by atoms with Crippen molar-refractivity contribution < 1.29 is 0 Å². The van der Waals surface area contributed by atoms with Crippen LogP contribution in [-0.4, -0.2) is 19.2 Å². The number of rotatable bonds is 2. The zero-order chi connectivity index (χ0) is 18.4. The molecule has 136 valence electrons. The first kappa shape index (κ1) is 16.5. The Morgan fingerprint density at radius 3 is 2.56 bits per heavy atom. The topological polar surface area (TPSA) is 52.2 Å². The molecule has 0 radical (unpaired) electrons. The van der Waals surface area contributed by atoms with Gasteiger partial charge in [-0.15, -0.1) is 0 Å². The second-order valence-corrected chi connectivity index (χ2v) is 7.61. The van der Waals surface area contributed by atoms with Gasteiger partial charge in [0.2, 0.25) is 0 Å². The molecule has 0 spiro atoms. The van der Waals surface area contributed by atoms with E-state index in [0.29, 0.717) is 16.5 Å². The third-order valence-electron chi connectivity index (χ3n) is 5.55. The summed E-state index contributed by atoms with van der Waals surface area (Å²) in [6.45, 7) is 0. The average Bonchev–Trinajstić information content (AvgIpc) is 3.14. The van der Waals surface area contributed by atoms with E-state index in [9.17, 15) is 4.79 Å². The van der Waals surface area contributed by atoms with Gasteiger partial charge in [-0.05, 0) is 36.6 Å². The predicted molar refractivity (Wildman–Crippen MR) is 107 cm³/mol. The van der Waals surface area contributed by atoms with E-state index >= 15 is 0 Å². The van der Waals surface area contributed by atoms with Crippen molar-refractivity contribution in [2.24, 2.45) is 0 Å². The Bertz CT molecular complexity index is 1190. The summed E-state index contributed by atoms with van der Waals surface area (Å²) in [4.78, 5) is 17.6. The molecule has 0 bridgehead atoms. The van der Waals surface area contributed by atoms with Crippen LogP contribution in [0.4, 0.5) is 0 Å². The average molecular weight is 379 g/mol. The Labute approximate surface area is 161 Å². The maximum Gasteiger partial charge on any atom is 0.261 e. The van der Waals surface area contributed by atoms with E-state index in [2.05, 4.69) is 10.1 Å². The van der Waals surface area contributed by atoms with Crippen molar-refractivity contribution in [2.45, 2.75) is 38.1 Å². The minimum atomic E-state index is 0.0253. The summed E-state index contributed by atoms with van der Waals surface area (Å²) >= 11 is 5.99. The molecule has 0 unspecified atom stereocenters. The molecule has 1 aliphatic rings. The molecular formula is C21H19ClN4O. The zero-order valence-corrected chi connectivity index (χ0v) is 15.6. The number of benzene rings is 1. The Kier molecular flexibility index (Phi) is 3.97. The van der Waals surface area contributed by atoms with Gasteiger partial charge >= 0.3 is 0 Å². The second-order valence-electron chi connectivity index (χ2n) is 7.18. The maximum atomic E-state index is 13.1. The standard InChI is InChI=1S/C21H19ClN4O/c22-15-8-6-14(7-9-15)17-13-24-26-19-10-11-25(16-4-2-1-3-5-16)21(27)18(19)12-23-20(17)26/h6-13,16H,1-5H2. The first-order valence-electron chi connectivity index (χ1n) is 9.36. The molecule has 3 heterocycles. The molecule has 3 aromatic heterocycles. The SMILES string of the molecule is O=c1c2cnc3c(-c4ccc(Cl)cc4)cnn3c2ccn1C1CCCCC1. The van der Waals surface area contributed by atoms with Crippen LogP contribution >= 0.6 is 11.6 Å². The van der Waals surface area contributed by atoms with Crippen molar-refractivity contribution in [2.75, 3.05) is 0 Å². The minimum Gasteiger partial charge on any atom is -0.312 e. The van der Waals surface area contributed by atoms with Crippen LogP contribution in [0.2, 0.25) is 5.02 Å². The summed E-state index contributed by atoms with van der Waals surface area (Å²) in [5.41, 5.74) is 3.47. The van der Waals surface area contributed by atoms with E-state index < -0.39 is 0 Å². The predicted octanol–water partition coefficient (Wildman–Crippen LogP) is 4.87. The fraction of sp³-hybridized carbons (Fsp3) is 0.286. The molecule has 4 aromatic rings. The van der Waals surface area contributed by atoms with Gasteiger partial charge in [0.25, 0.3) is 5.56 Å². The minimum absolute atomic E-state index is 0.0253. The molecule has 0 atom stereocenters. The van der Waals surface area contributed by atoms with Gasteiger partial charge in [-0.1, -0.05) is 43.0 Å². The summed E-state index contributed by atoms with van der Waals surface area (Å²) in [6.07, 6.45) is 11.2. The molecule has 0 N–H and O–H groups in total. The summed E-state index contributed by atoms with van der Waals surface area (Å²) in [5, 5.41) is 5.81. The van der Waals surface area contributed by atoms with Crippen molar-refractivity contribution in [1.29, 1.82) is 0 Å². The summed E-state index contributed by atoms with van der Waals surface area (Å²) in [7, 11) is 0. The zero-order valence-electron chi connectivity index (χ0n) is 14.8. The molecule has 27 heavy (non-hydrogen) atoms. The molecule has 0 aliphatic heterocycles. The molecule has 1 saturated carbocycles. The van der Waals surface area contributed by atoms with E-state index in [1.54, 1.807) is 16.9 Å². The number of fused-ring (bicyclic) bond motifs is 3. The fourth-order valence-corrected chi connectivity index (χ4v) is 4.24. The normalized spacial score (nSPS) is 15.6. The van der Waals surface area contributed by atoms with E-state index in [0.717, 1.165) is 35.1 Å². The monoisotopic (exact) mass is 378 g/mol. The molecule has 0 saturated heterocycles. The maximum absolute atomic E-state index is 13.1. The second kappa shape index (κ2) is 6.50. The number of aromatic nitrogens is 4. The first-order valence-corrected chi connectivity index (χ1v) is 9.74. The smallest absolute Gasteiger partial charge is 0.261 e. The molecule has 0 amide bonds. The van der Waals surface area contributed by atoms with Crippen LogP contribution in [0.25, 0.3) is 27.7 Å². The number of nitrogens with zero attached hydrogens (tertiary/aromatic N) is 4. The fourth-order valence-electron chi connectivity index (χ4n) is 4.11. The lowest BCUT2D eigenvalue weighted by Gasteiger charge is -2.24. The van der Waals surface area contributed by atoms with Gasteiger partial charge in [-0.25, -0.2) is 9.50 Å².